The molecule has 0 aromatic rings. The van der Waals surface area contributed by atoms with E-state index in [9.17, 15) is 19.5 Å². The molecule has 0 rings (SSSR count). The minimum atomic E-state index is -1.51. The Labute approximate surface area is 337 Å². The third kappa shape index (κ3) is 39.8. The molecule has 0 bridgehead atoms. The second kappa shape index (κ2) is 38.6. The van der Waals surface area contributed by atoms with Crippen molar-refractivity contribution in [3.05, 3.63) is 24.3 Å². The molecule has 0 aromatic carbocycles. The fourth-order valence-electron chi connectivity index (χ4n) is 6.10. The predicted molar refractivity (Wildman–Crippen MR) is 226 cm³/mol. The van der Waals surface area contributed by atoms with Crippen LogP contribution in [0.1, 0.15) is 194 Å². The van der Waals surface area contributed by atoms with Gasteiger partial charge in [0.1, 0.15) is 13.2 Å². The quantitative estimate of drug-likeness (QED) is 0.0215. The first-order chi connectivity index (χ1) is 26.6. The standard InChI is InChI=1S/C46H85NO8/c1-6-8-10-12-14-16-18-19-20-21-22-23-24-25-27-29-31-33-35-37-44(49)55-42(41-54-46(45(50)51)52-39-38-47(3,4)5)40-53-43(48)36-34-32-30-28-26-17-15-13-11-9-7-2/h13,15,19-20,42,46H,6-12,14,16-18,21-41H2,1-5H3/p+1/b15-13-,20-19-. The van der Waals surface area contributed by atoms with Crippen molar-refractivity contribution in [2.45, 2.75) is 206 Å². The van der Waals surface area contributed by atoms with E-state index in [2.05, 4.69) is 38.2 Å². The maximum Gasteiger partial charge on any atom is 0.361 e. The first-order valence-electron chi connectivity index (χ1n) is 22.5. The topological polar surface area (TPSA) is 108 Å². The highest BCUT2D eigenvalue weighted by Crippen LogP contribution is 2.14. The van der Waals surface area contributed by atoms with Gasteiger partial charge in [0.2, 0.25) is 0 Å². The highest BCUT2D eigenvalue weighted by molar-refractivity contribution is 5.71. The zero-order chi connectivity index (χ0) is 40.7. The molecular formula is C46H86NO8+. The van der Waals surface area contributed by atoms with E-state index < -0.39 is 24.3 Å². The minimum Gasteiger partial charge on any atom is -0.477 e. The lowest BCUT2D eigenvalue weighted by Gasteiger charge is -2.25. The fourth-order valence-corrected chi connectivity index (χ4v) is 6.10. The van der Waals surface area contributed by atoms with E-state index in [0.717, 1.165) is 64.2 Å². The summed E-state index contributed by atoms with van der Waals surface area (Å²) in [5.41, 5.74) is 0. The number of esters is 2. The molecule has 0 aliphatic carbocycles. The van der Waals surface area contributed by atoms with Gasteiger partial charge >= 0.3 is 17.9 Å². The Kier molecular flexibility index (Phi) is 37.1. The third-order valence-corrected chi connectivity index (χ3v) is 9.68. The van der Waals surface area contributed by atoms with E-state index in [0.29, 0.717) is 17.4 Å². The predicted octanol–water partition coefficient (Wildman–Crippen LogP) is 11.7. The summed E-state index contributed by atoms with van der Waals surface area (Å²) >= 11 is 0. The Hall–Kier alpha value is -2.23. The molecule has 0 aliphatic rings. The number of carbonyl (C=O) groups is 3. The molecule has 0 radical (unpaired) electrons. The first-order valence-corrected chi connectivity index (χ1v) is 22.5. The Morgan fingerprint density at radius 1 is 0.527 bits per heavy atom. The van der Waals surface area contributed by atoms with Gasteiger partial charge in [0.25, 0.3) is 6.29 Å². The molecule has 0 fully saturated rings. The first kappa shape index (κ1) is 52.8. The molecule has 0 amide bonds. The molecule has 0 heterocycles. The molecule has 0 saturated carbocycles. The minimum absolute atomic E-state index is 0.185. The summed E-state index contributed by atoms with van der Waals surface area (Å²) in [6, 6.07) is 0. The summed E-state index contributed by atoms with van der Waals surface area (Å²) < 4.78 is 22.7. The van der Waals surface area contributed by atoms with Crippen LogP contribution >= 0.6 is 0 Å². The van der Waals surface area contributed by atoms with Crippen LogP contribution in [-0.2, 0) is 33.3 Å². The van der Waals surface area contributed by atoms with Crippen molar-refractivity contribution < 1.29 is 42.9 Å². The molecule has 322 valence electrons. The number of quaternary nitrogens is 1. The Bertz CT molecular complexity index is 960. The van der Waals surface area contributed by atoms with Gasteiger partial charge in [-0.15, -0.1) is 0 Å². The average Bonchev–Trinajstić information content (AvgIpc) is 3.14. The van der Waals surface area contributed by atoms with Gasteiger partial charge in [-0.25, -0.2) is 4.79 Å². The van der Waals surface area contributed by atoms with Crippen molar-refractivity contribution in [3.63, 3.8) is 0 Å². The van der Waals surface area contributed by atoms with Crippen molar-refractivity contribution in [2.75, 3.05) is 47.5 Å². The van der Waals surface area contributed by atoms with Crippen LogP contribution in [0.25, 0.3) is 0 Å². The summed E-state index contributed by atoms with van der Waals surface area (Å²) in [7, 11) is 5.95. The number of carboxylic acid groups (broad SMARTS) is 1. The van der Waals surface area contributed by atoms with Crippen LogP contribution in [0.15, 0.2) is 24.3 Å². The van der Waals surface area contributed by atoms with E-state index in [1.54, 1.807) is 0 Å². The second-order valence-corrected chi connectivity index (χ2v) is 16.4. The van der Waals surface area contributed by atoms with Gasteiger partial charge in [-0.2, -0.15) is 0 Å². The van der Waals surface area contributed by atoms with Gasteiger partial charge in [-0.1, -0.05) is 147 Å². The lowest BCUT2D eigenvalue weighted by molar-refractivity contribution is -0.870. The maximum atomic E-state index is 12.7. The number of aliphatic carboxylic acids is 1. The van der Waals surface area contributed by atoms with E-state index in [1.807, 2.05) is 21.1 Å². The summed E-state index contributed by atoms with van der Waals surface area (Å²) in [6.07, 6.45) is 38.1. The Morgan fingerprint density at radius 3 is 1.40 bits per heavy atom. The van der Waals surface area contributed by atoms with Crippen molar-refractivity contribution in [3.8, 4) is 0 Å². The van der Waals surface area contributed by atoms with Crippen LogP contribution in [0.2, 0.25) is 0 Å². The van der Waals surface area contributed by atoms with Gasteiger partial charge in [-0.3, -0.25) is 9.59 Å². The van der Waals surface area contributed by atoms with Gasteiger partial charge in [-0.05, 0) is 57.8 Å². The number of hydrogen-bond donors (Lipinski definition) is 1. The molecule has 0 aromatic heterocycles. The highest BCUT2D eigenvalue weighted by Gasteiger charge is 2.25. The van der Waals surface area contributed by atoms with Gasteiger partial charge < -0.3 is 28.5 Å². The molecule has 0 aliphatic heterocycles. The fraction of sp³-hybridized carbons (Fsp3) is 0.848. The molecule has 2 unspecified atom stereocenters. The number of nitrogens with zero attached hydrogens (tertiary/aromatic N) is 1. The van der Waals surface area contributed by atoms with Crippen LogP contribution in [0.5, 0.6) is 0 Å². The summed E-state index contributed by atoms with van der Waals surface area (Å²) in [5, 5.41) is 9.62. The highest BCUT2D eigenvalue weighted by atomic mass is 16.7. The average molecular weight is 781 g/mol. The second-order valence-electron chi connectivity index (χ2n) is 16.4. The van der Waals surface area contributed by atoms with Crippen molar-refractivity contribution in [2.24, 2.45) is 0 Å². The molecule has 2 atom stereocenters. The summed E-state index contributed by atoms with van der Waals surface area (Å²) in [4.78, 5) is 37.0. The third-order valence-electron chi connectivity index (χ3n) is 9.68. The molecular weight excluding hydrogens is 695 g/mol. The maximum absolute atomic E-state index is 12.7. The van der Waals surface area contributed by atoms with Gasteiger partial charge in [0.05, 0.1) is 34.4 Å². The molecule has 1 N–H and O–H groups in total. The Morgan fingerprint density at radius 2 is 0.945 bits per heavy atom. The van der Waals surface area contributed by atoms with E-state index in [4.69, 9.17) is 18.9 Å². The van der Waals surface area contributed by atoms with Crippen LogP contribution in [0.3, 0.4) is 0 Å². The van der Waals surface area contributed by atoms with Crippen LogP contribution in [0, 0.1) is 0 Å². The molecule has 9 nitrogen and oxygen atoms in total. The zero-order valence-corrected chi connectivity index (χ0v) is 36.3. The summed E-state index contributed by atoms with van der Waals surface area (Å²) in [5.74, 6) is -2.02. The number of allylic oxidation sites excluding steroid dienone is 4. The van der Waals surface area contributed by atoms with E-state index >= 15 is 0 Å². The number of hydrogen-bond acceptors (Lipinski definition) is 7. The lowest BCUT2D eigenvalue weighted by Crippen LogP contribution is -2.40. The number of unbranched alkanes of at least 4 members (excludes halogenated alkanes) is 22. The van der Waals surface area contributed by atoms with Crippen LogP contribution in [0.4, 0.5) is 0 Å². The summed E-state index contributed by atoms with van der Waals surface area (Å²) in [6.45, 7) is 4.82. The van der Waals surface area contributed by atoms with Gasteiger partial charge in [0.15, 0.2) is 6.10 Å². The molecule has 0 spiro atoms. The van der Waals surface area contributed by atoms with Gasteiger partial charge in [0, 0.05) is 12.8 Å². The smallest absolute Gasteiger partial charge is 0.361 e. The number of carbonyl (C=O) groups excluding carboxylic acids is 2. The number of carboxylic acids is 1. The van der Waals surface area contributed by atoms with Crippen molar-refractivity contribution in [1.82, 2.24) is 0 Å². The van der Waals surface area contributed by atoms with E-state index in [1.165, 1.54) is 103 Å². The zero-order valence-electron chi connectivity index (χ0n) is 36.3. The van der Waals surface area contributed by atoms with Crippen molar-refractivity contribution >= 4 is 17.9 Å². The number of rotatable bonds is 41. The largest absolute Gasteiger partial charge is 0.477 e. The van der Waals surface area contributed by atoms with Crippen LogP contribution < -0.4 is 0 Å². The molecule has 9 heteroatoms. The SMILES string of the molecule is CCCC/C=C\CCCCCCCC(=O)OCC(COC(OCC[N+](C)(C)C)C(=O)O)OC(=O)CCCCCCCCCCC/C=C\CCCCCCCC. The van der Waals surface area contributed by atoms with E-state index in [-0.39, 0.29) is 32.2 Å². The number of likely N-dealkylation sites (N-methyl/N-ethyl adjacent to an activating group) is 1. The molecule has 55 heavy (non-hydrogen) atoms. The Balaban J connectivity index is 4.39. The number of ether oxygens (including phenoxy) is 4. The normalized spacial score (nSPS) is 13.1. The lowest BCUT2D eigenvalue weighted by atomic mass is 10.1. The monoisotopic (exact) mass is 781 g/mol. The molecule has 0 saturated heterocycles. The van der Waals surface area contributed by atoms with Crippen LogP contribution in [-0.4, -0.2) is 87.4 Å². The van der Waals surface area contributed by atoms with Crippen molar-refractivity contribution in [1.29, 1.82) is 0 Å².